The summed E-state index contributed by atoms with van der Waals surface area (Å²) in [5.74, 6) is 0.822. The van der Waals surface area contributed by atoms with Gasteiger partial charge >= 0.3 is 0 Å². The average Bonchev–Trinajstić information content (AvgIpc) is 2.46. The summed E-state index contributed by atoms with van der Waals surface area (Å²) in [6.07, 6.45) is 1.08. The fourth-order valence-corrected chi connectivity index (χ4v) is 2.19. The van der Waals surface area contributed by atoms with Crippen LogP contribution in [0.4, 0.5) is 0 Å². The monoisotopic (exact) mass is 296 g/mol. The van der Waals surface area contributed by atoms with E-state index in [1.165, 1.54) is 0 Å². The van der Waals surface area contributed by atoms with Crippen LogP contribution < -0.4 is 10.5 Å². The van der Waals surface area contributed by atoms with Gasteiger partial charge in [-0.2, -0.15) is 0 Å². The van der Waals surface area contributed by atoms with E-state index < -0.39 is 5.91 Å². The van der Waals surface area contributed by atoms with E-state index in [1.807, 2.05) is 4.90 Å². The van der Waals surface area contributed by atoms with Gasteiger partial charge in [-0.25, -0.2) is 0 Å². The molecule has 2 N–H and O–H groups in total. The highest BCUT2D eigenvalue weighted by molar-refractivity contribution is 5.94. The van der Waals surface area contributed by atoms with Crippen molar-refractivity contribution >= 4 is 11.8 Å². The molecule has 0 bridgehead atoms. The van der Waals surface area contributed by atoms with Gasteiger partial charge < -0.3 is 15.4 Å². The summed E-state index contributed by atoms with van der Waals surface area (Å²) in [5.41, 5.74) is 6.28. The molecule has 0 radical (unpaired) electrons. The number of hydrogen-bond donors (Lipinski definition) is 1. The van der Waals surface area contributed by atoms with Crippen LogP contribution >= 0.6 is 0 Å². The molecule has 1 fully saturated rings. The van der Waals surface area contributed by atoms with Crippen LogP contribution in [-0.2, 0) is 0 Å². The van der Waals surface area contributed by atoms with Crippen molar-refractivity contribution < 1.29 is 14.3 Å². The number of likely N-dealkylation sites (tertiary alicyclic amines) is 1. The second-order valence-electron chi connectivity index (χ2n) is 5.16. The number of rotatable bonds is 4. The summed E-state index contributed by atoms with van der Waals surface area (Å²) >= 11 is 0. The van der Waals surface area contributed by atoms with Crippen LogP contribution in [0, 0.1) is 0 Å². The molecule has 1 aliphatic rings. The largest absolute Gasteiger partial charge is 0.457 e. The summed E-state index contributed by atoms with van der Waals surface area (Å²) in [5, 5.41) is 0. The highest BCUT2D eigenvalue weighted by Gasteiger charge is 2.21. The van der Waals surface area contributed by atoms with Crippen molar-refractivity contribution in [2.45, 2.75) is 6.42 Å². The standard InChI is InChI=1S/C17H16N2O3/c18-16(20)12-2-6-14(7-3-12)22-15-8-4-13(5-9-15)17(21)19-10-1-11-19/h2-9H,1,10-11H2,(H2,18,20). The quantitative estimate of drug-likeness (QED) is 0.941. The highest BCUT2D eigenvalue weighted by Crippen LogP contribution is 2.23. The molecule has 112 valence electrons. The van der Waals surface area contributed by atoms with E-state index in [0.29, 0.717) is 22.6 Å². The van der Waals surface area contributed by atoms with Crippen LogP contribution in [0.1, 0.15) is 27.1 Å². The van der Waals surface area contributed by atoms with Gasteiger partial charge in [0.1, 0.15) is 11.5 Å². The van der Waals surface area contributed by atoms with Crippen LogP contribution in [0.5, 0.6) is 11.5 Å². The first-order valence-electron chi connectivity index (χ1n) is 7.10. The molecule has 5 heteroatoms. The molecule has 1 aliphatic heterocycles. The van der Waals surface area contributed by atoms with Crippen LogP contribution in [0.15, 0.2) is 48.5 Å². The number of nitrogens with two attached hydrogens (primary N) is 1. The van der Waals surface area contributed by atoms with Gasteiger partial charge in [-0.15, -0.1) is 0 Å². The number of nitrogens with zero attached hydrogens (tertiary/aromatic N) is 1. The van der Waals surface area contributed by atoms with Crippen LogP contribution in [-0.4, -0.2) is 29.8 Å². The first kappa shape index (κ1) is 14.1. The van der Waals surface area contributed by atoms with E-state index in [2.05, 4.69) is 0 Å². The van der Waals surface area contributed by atoms with Gasteiger partial charge in [0.2, 0.25) is 5.91 Å². The molecule has 2 aromatic rings. The second-order valence-corrected chi connectivity index (χ2v) is 5.16. The lowest BCUT2D eigenvalue weighted by atomic mass is 10.1. The van der Waals surface area contributed by atoms with Crippen molar-refractivity contribution in [2.75, 3.05) is 13.1 Å². The Balaban J connectivity index is 1.67. The molecule has 3 rings (SSSR count). The van der Waals surface area contributed by atoms with Crippen LogP contribution in [0.3, 0.4) is 0 Å². The highest BCUT2D eigenvalue weighted by atomic mass is 16.5. The zero-order valence-corrected chi connectivity index (χ0v) is 12.0. The molecule has 0 spiro atoms. The zero-order chi connectivity index (χ0) is 15.5. The summed E-state index contributed by atoms with van der Waals surface area (Å²) in [4.78, 5) is 24.9. The van der Waals surface area contributed by atoms with Crippen molar-refractivity contribution in [3.8, 4) is 11.5 Å². The van der Waals surface area contributed by atoms with E-state index in [9.17, 15) is 9.59 Å². The molecule has 0 saturated carbocycles. The smallest absolute Gasteiger partial charge is 0.253 e. The maximum absolute atomic E-state index is 12.0. The minimum atomic E-state index is -0.472. The first-order valence-corrected chi connectivity index (χ1v) is 7.10. The Kier molecular flexibility index (Phi) is 3.78. The lowest BCUT2D eigenvalue weighted by molar-refractivity contribution is 0.0651. The predicted octanol–water partition coefficient (Wildman–Crippen LogP) is 2.42. The summed E-state index contributed by atoms with van der Waals surface area (Å²) in [6.45, 7) is 1.67. The number of carbonyl (C=O) groups is 2. The second kappa shape index (κ2) is 5.89. The minimum Gasteiger partial charge on any atom is -0.457 e. The molecule has 0 aliphatic carbocycles. The Morgan fingerprint density at radius 1 is 0.864 bits per heavy atom. The summed E-state index contributed by atoms with van der Waals surface area (Å²) < 4.78 is 5.67. The van der Waals surface area contributed by atoms with E-state index in [1.54, 1.807) is 48.5 Å². The van der Waals surface area contributed by atoms with Gasteiger partial charge in [0.25, 0.3) is 5.91 Å². The van der Waals surface area contributed by atoms with Crippen molar-refractivity contribution in [1.29, 1.82) is 0 Å². The molecule has 0 atom stereocenters. The number of carbonyl (C=O) groups excluding carboxylic acids is 2. The van der Waals surface area contributed by atoms with Gasteiger partial charge in [-0.05, 0) is 55.0 Å². The SMILES string of the molecule is NC(=O)c1ccc(Oc2ccc(C(=O)N3CCC3)cc2)cc1. The Morgan fingerprint density at radius 3 is 1.77 bits per heavy atom. The van der Waals surface area contributed by atoms with Crippen molar-refractivity contribution in [1.82, 2.24) is 4.90 Å². The maximum atomic E-state index is 12.0. The number of amides is 2. The normalized spacial score (nSPS) is 13.4. The third-order valence-corrected chi connectivity index (χ3v) is 3.62. The fraction of sp³-hybridized carbons (Fsp3) is 0.176. The van der Waals surface area contributed by atoms with Crippen molar-refractivity contribution in [3.63, 3.8) is 0 Å². The molecule has 22 heavy (non-hydrogen) atoms. The summed E-state index contributed by atoms with van der Waals surface area (Å²) in [7, 11) is 0. The van der Waals surface area contributed by atoms with Gasteiger partial charge in [0.15, 0.2) is 0 Å². The van der Waals surface area contributed by atoms with Gasteiger partial charge in [-0.1, -0.05) is 0 Å². The third kappa shape index (κ3) is 2.93. The zero-order valence-electron chi connectivity index (χ0n) is 12.0. The fourth-order valence-electron chi connectivity index (χ4n) is 2.19. The maximum Gasteiger partial charge on any atom is 0.253 e. The molecule has 0 unspecified atom stereocenters. The molecule has 1 heterocycles. The molecular formula is C17H16N2O3. The summed E-state index contributed by atoms with van der Waals surface area (Å²) in [6, 6.07) is 13.6. The number of benzene rings is 2. The minimum absolute atomic E-state index is 0.0589. The van der Waals surface area contributed by atoms with E-state index >= 15 is 0 Å². The molecular weight excluding hydrogens is 280 g/mol. The predicted molar refractivity (Wildman–Crippen MR) is 82.0 cm³/mol. The average molecular weight is 296 g/mol. The Bertz CT molecular complexity index is 689. The third-order valence-electron chi connectivity index (χ3n) is 3.62. The van der Waals surface area contributed by atoms with Crippen LogP contribution in [0.2, 0.25) is 0 Å². The molecule has 0 aromatic heterocycles. The Hall–Kier alpha value is -2.82. The van der Waals surface area contributed by atoms with Crippen molar-refractivity contribution in [2.24, 2.45) is 5.73 Å². The van der Waals surface area contributed by atoms with Crippen molar-refractivity contribution in [3.05, 3.63) is 59.7 Å². The topological polar surface area (TPSA) is 72.6 Å². The number of ether oxygens (including phenoxy) is 1. The van der Waals surface area contributed by atoms with E-state index in [-0.39, 0.29) is 5.91 Å². The Morgan fingerprint density at radius 2 is 1.36 bits per heavy atom. The molecule has 2 aromatic carbocycles. The lowest BCUT2D eigenvalue weighted by Crippen LogP contribution is -2.41. The first-order chi connectivity index (χ1) is 10.6. The molecule has 2 amide bonds. The lowest BCUT2D eigenvalue weighted by Gasteiger charge is -2.30. The molecule has 5 nitrogen and oxygen atoms in total. The van der Waals surface area contributed by atoms with Gasteiger partial charge in [0, 0.05) is 24.2 Å². The van der Waals surface area contributed by atoms with Crippen LogP contribution in [0.25, 0.3) is 0 Å². The van der Waals surface area contributed by atoms with Gasteiger partial charge in [0.05, 0.1) is 0 Å². The Labute approximate surface area is 128 Å². The van der Waals surface area contributed by atoms with E-state index in [4.69, 9.17) is 10.5 Å². The van der Waals surface area contributed by atoms with E-state index in [0.717, 1.165) is 19.5 Å². The number of hydrogen-bond acceptors (Lipinski definition) is 3. The molecule has 1 saturated heterocycles. The van der Waals surface area contributed by atoms with Gasteiger partial charge in [-0.3, -0.25) is 9.59 Å². The number of primary amides is 1.